The summed E-state index contributed by atoms with van der Waals surface area (Å²) < 4.78 is 7.13. The summed E-state index contributed by atoms with van der Waals surface area (Å²) in [6.45, 7) is 2.98. The number of benzene rings is 2. The van der Waals surface area contributed by atoms with Gasteiger partial charge in [0.15, 0.2) is 0 Å². The molecule has 0 aliphatic rings. The number of para-hydroxylation sites is 1. The van der Waals surface area contributed by atoms with Crippen LogP contribution in [0.2, 0.25) is 0 Å². The molecule has 0 fully saturated rings. The molecule has 2 amide bonds. The Labute approximate surface area is 204 Å². The molecule has 2 aromatic carbocycles. The highest BCUT2D eigenvalue weighted by Gasteiger charge is 2.16. The number of nitrogens with one attached hydrogen (secondary N) is 2. The highest BCUT2D eigenvalue weighted by molar-refractivity contribution is 5.96. The number of hydrogen-bond donors (Lipinski definition) is 3. The molecule has 0 radical (unpaired) electrons. The fourth-order valence-electron chi connectivity index (χ4n) is 3.39. The third kappa shape index (κ3) is 7.08. The van der Waals surface area contributed by atoms with Gasteiger partial charge in [-0.2, -0.15) is 10.4 Å². The lowest BCUT2D eigenvalue weighted by atomic mass is 10.1. The molecule has 1 heterocycles. The van der Waals surface area contributed by atoms with Crippen molar-refractivity contribution in [2.75, 3.05) is 25.4 Å². The van der Waals surface area contributed by atoms with Crippen LogP contribution in [0.3, 0.4) is 0 Å². The van der Waals surface area contributed by atoms with Crippen molar-refractivity contribution in [2.45, 2.75) is 32.6 Å². The molecule has 0 bridgehead atoms. The Bertz CT molecular complexity index is 1170. The number of carbonyl (C=O) groups excluding carboxylic acids is 2. The standard InChI is InChI=1S/C26H30N6O3/c1-2-3-16-35-21-13-11-19(12-14-21)26(34)30-18-24(33)29-15-7-10-23-22(17-27)25(28)32(31-23)20-8-5-4-6-9-20/h4-6,8-9,11-14H,2-3,7,10,15-16,18,28H2,1H3,(H,29,33)(H,30,34). The van der Waals surface area contributed by atoms with Gasteiger partial charge in [0.2, 0.25) is 5.91 Å². The second-order valence-electron chi connectivity index (χ2n) is 7.93. The van der Waals surface area contributed by atoms with Gasteiger partial charge in [0.25, 0.3) is 5.91 Å². The number of nitrogen functional groups attached to an aromatic ring is 1. The molecule has 1 aromatic heterocycles. The Hall–Kier alpha value is -4.32. The van der Waals surface area contributed by atoms with Crippen LogP contribution >= 0.6 is 0 Å². The van der Waals surface area contributed by atoms with Crippen LogP contribution in [0.25, 0.3) is 5.69 Å². The van der Waals surface area contributed by atoms with Crippen LogP contribution in [0.1, 0.15) is 47.8 Å². The monoisotopic (exact) mass is 474 g/mol. The molecular formula is C26H30N6O3. The fourth-order valence-corrected chi connectivity index (χ4v) is 3.39. The van der Waals surface area contributed by atoms with Gasteiger partial charge in [-0.3, -0.25) is 9.59 Å². The van der Waals surface area contributed by atoms with Crippen molar-refractivity contribution in [1.82, 2.24) is 20.4 Å². The zero-order valence-corrected chi connectivity index (χ0v) is 19.8. The quantitative estimate of drug-likeness (QED) is 0.345. The first-order valence-corrected chi connectivity index (χ1v) is 11.6. The molecule has 0 saturated heterocycles. The maximum absolute atomic E-state index is 12.3. The summed E-state index contributed by atoms with van der Waals surface area (Å²) in [5, 5.41) is 19.3. The van der Waals surface area contributed by atoms with Crippen molar-refractivity contribution in [3.63, 3.8) is 0 Å². The van der Waals surface area contributed by atoms with Crippen LogP contribution in [0, 0.1) is 11.3 Å². The molecule has 9 nitrogen and oxygen atoms in total. The van der Waals surface area contributed by atoms with E-state index in [-0.39, 0.29) is 18.4 Å². The minimum absolute atomic E-state index is 0.132. The zero-order chi connectivity index (χ0) is 25.0. The summed E-state index contributed by atoms with van der Waals surface area (Å²) in [6.07, 6.45) is 3.07. The molecule has 0 saturated carbocycles. The van der Waals surface area contributed by atoms with Gasteiger partial charge in [-0.15, -0.1) is 0 Å². The fraction of sp³-hybridized carbons (Fsp3) is 0.308. The normalized spacial score (nSPS) is 10.4. The number of hydrogen-bond acceptors (Lipinski definition) is 6. The third-order valence-corrected chi connectivity index (χ3v) is 5.31. The van der Waals surface area contributed by atoms with Gasteiger partial charge >= 0.3 is 0 Å². The molecule has 3 aromatic rings. The number of anilines is 1. The van der Waals surface area contributed by atoms with E-state index in [4.69, 9.17) is 10.5 Å². The maximum Gasteiger partial charge on any atom is 0.251 e. The van der Waals surface area contributed by atoms with Crippen molar-refractivity contribution in [3.05, 3.63) is 71.4 Å². The number of nitriles is 1. The lowest BCUT2D eigenvalue weighted by Gasteiger charge is -2.08. The Kier molecular flexibility index (Phi) is 9.25. The van der Waals surface area contributed by atoms with Gasteiger partial charge in [-0.25, -0.2) is 4.68 Å². The first kappa shape index (κ1) is 25.3. The van der Waals surface area contributed by atoms with E-state index < -0.39 is 0 Å². The average molecular weight is 475 g/mol. The predicted octanol–water partition coefficient (Wildman–Crippen LogP) is 2.98. The minimum atomic E-state index is -0.333. The van der Waals surface area contributed by atoms with E-state index in [1.54, 1.807) is 28.9 Å². The van der Waals surface area contributed by atoms with E-state index >= 15 is 0 Å². The van der Waals surface area contributed by atoms with Crippen LogP contribution in [0.4, 0.5) is 5.82 Å². The second kappa shape index (κ2) is 12.8. The van der Waals surface area contributed by atoms with E-state index in [1.165, 1.54) is 0 Å². The van der Waals surface area contributed by atoms with E-state index in [1.807, 2.05) is 30.3 Å². The molecule has 3 rings (SSSR count). The molecule has 0 aliphatic carbocycles. The van der Waals surface area contributed by atoms with Gasteiger partial charge in [0.1, 0.15) is 23.2 Å². The third-order valence-electron chi connectivity index (χ3n) is 5.31. The number of carbonyl (C=O) groups is 2. The molecule has 0 unspecified atom stereocenters. The largest absolute Gasteiger partial charge is 0.494 e. The molecular weight excluding hydrogens is 444 g/mol. The first-order chi connectivity index (χ1) is 17.0. The topological polar surface area (TPSA) is 135 Å². The molecule has 9 heteroatoms. The zero-order valence-electron chi connectivity index (χ0n) is 19.8. The van der Waals surface area contributed by atoms with Gasteiger partial charge < -0.3 is 21.1 Å². The number of rotatable bonds is 12. The number of aryl methyl sites for hydroxylation is 1. The van der Waals surface area contributed by atoms with Crippen LogP contribution in [-0.4, -0.2) is 41.3 Å². The van der Waals surface area contributed by atoms with E-state index in [2.05, 4.69) is 28.7 Å². The van der Waals surface area contributed by atoms with Crippen molar-refractivity contribution in [1.29, 1.82) is 5.26 Å². The molecule has 35 heavy (non-hydrogen) atoms. The van der Waals surface area contributed by atoms with Gasteiger partial charge in [-0.05, 0) is 55.7 Å². The highest BCUT2D eigenvalue weighted by Crippen LogP contribution is 2.21. The smallest absolute Gasteiger partial charge is 0.251 e. The lowest BCUT2D eigenvalue weighted by Crippen LogP contribution is -2.37. The van der Waals surface area contributed by atoms with Crippen LogP contribution in [0.5, 0.6) is 5.75 Å². The molecule has 182 valence electrons. The van der Waals surface area contributed by atoms with Gasteiger partial charge in [0, 0.05) is 12.1 Å². The molecule has 0 spiro atoms. The number of unbranched alkanes of at least 4 members (excludes halogenated alkanes) is 1. The van der Waals surface area contributed by atoms with E-state index in [0.29, 0.717) is 54.4 Å². The van der Waals surface area contributed by atoms with E-state index in [0.717, 1.165) is 18.5 Å². The van der Waals surface area contributed by atoms with E-state index in [9.17, 15) is 14.9 Å². The summed E-state index contributed by atoms with van der Waals surface area (Å²) in [5.41, 5.74) is 8.26. The van der Waals surface area contributed by atoms with Crippen molar-refractivity contribution < 1.29 is 14.3 Å². The van der Waals surface area contributed by atoms with Crippen molar-refractivity contribution >= 4 is 17.6 Å². The SMILES string of the molecule is CCCCOc1ccc(C(=O)NCC(=O)NCCCc2nn(-c3ccccc3)c(N)c2C#N)cc1. The summed E-state index contributed by atoms with van der Waals surface area (Å²) in [4.78, 5) is 24.4. The number of nitrogens with zero attached hydrogens (tertiary/aromatic N) is 3. The first-order valence-electron chi connectivity index (χ1n) is 11.6. The van der Waals surface area contributed by atoms with Crippen LogP contribution in [0.15, 0.2) is 54.6 Å². The maximum atomic E-state index is 12.3. The van der Waals surface area contributed by atoms with Crippen molar-refractivity contribution in [3.8, 4) is 17.5 Å². The van der Waals surface area contributed by atoms with Crippen molar-refractivity contribution in [2.24, 2.45) is 0 Å². The summed E-state index contributed by atoms with van der Waals surface area (Å²) in [7, 11) is 0. The number of ether oxygens (including phenoxy) is 1. The minimum Gasteiger partial charge on any atom is -0.494 e. The Morgan fingerprint density at radius 1 is 1.09 bits per heavy atom. The highest BCUT2D eigenvalue weighted by atomic mass is 16.5. The summed E-state index contributed by atoms with van der Waals surface area (Å²) in [5.74, 6) is 0.372. The molecule has 0 aliphatic heterocycles. The number of aromatic nitrogens is 2. The summed E-state index contributed by atoms with van der Waals surface area (Å²) >= 11 is 0. The number of amides is 2. The predicted molar refractivity (Wildman–Crippen MR) is 133 cm³/mol. The van der Waals surface area contributed by atoms with Gasteiger partial charge in [0.05, 0.1) is 24.5 Å². The number of nitrogens with two attached hydrogens (primary N) is 1. The Morgan fingerprint density at radius 3 is 2.51 bits per heavy atom. The second-order valence-corrected chi connectivity index (χ2v) is 7.93. The van der Waals surface area contributed by atoms with Gasteiger partial charge in [-0.1, -0.05) is 31.5 Å². The molecule has 4 N–H and O–H groups in total. The Morgan fingerprint density at radius 2 is 1.83 bits per heavy atom. The Balaban J connectivity index is 1.42. The van der Waals surface area contributed by atoms with Crippen LogP contribution in [-0.2, 0) is 11.2 Å². The van der Waals surface area contributed by atoms with Crippen LogP contribution < -0.4 is 21.1 Å². The average Bonchev–Trinajstić information content (AvgIpc) is 3.21. The molecule has 0 atom stereocenters. The lowest BCUT2D eigenvalue weighted by molar-refractivity contribution is -0.120. The summed E-state index contributed by atoms with van der Waals surface area (Å²) in [6, 6.07) is 18.3.